The third kappa shape index (κ3) is 3.90. The minimum Gasteiger partial charge on any atom is -0.393 e. The lowest BCUT2D eigenvalue weighted by atomic mass is 10.0. The number of benzene rings is 1. The Hall–Kier alpha value is -0.860. The van der Waals surface area contributed by atoms with Crippen LogP contribution in [0.5, 0.6) is 0 Å². The summed E-state index contributed by atoms with van der Waals surface area (Å²) < 4.78 is 0. The van der Waals surface area contributed by atoms with Gasteiger partial charge in [-0.05, 0) is 31.7 Å². The molecule has 0 radical (unpaired) electrons. The summed E-state index contributed by atoms with van der Waals surface area (Å²) in [5.74, 6) is 0. The van der Waals surface area contributed by atoms with Gasteiger partial charge < -0.3 is 10.2 Å². The number of hydrogen-bond acceptors (Lipinski definition) is 2. The average molecular weight is 194 g/mol. The van der Waals surface area contributed by atoms with Crippen molar-refractivity contribution >= 4 is 0 Å². The third-order valence-corrected chi connectivity index (χ3v) is 2.28. The maximum absolute atomic E-state index is 9.75. The molecule has 1 aromatic rings. The zero-order chi connectivity index (χ0) is 10.4. The van der Waals surface area contributed by atoms with Crippen molar-refractivity contribution in [2.45, 2.75) is 38.4 Å². The topological polar surface area (TPSA) is 40.5 Å². The third-order valence-electron chi connectivity index (χ3n) is 2.28. The second kappa shape index (κ2) is 5.78. The largest absolute Gasteiger partial charge is 0.393 e. The molecule has 0 aliphatic carbocycles. The van der Waals surface area contributed by atoms with E-state index in [1.807, 2.05) is 30.3 Å². The first-order valence-electron chi connectivity index (χ1n) is 5.11. The fourth-order valence-electron chi connectivity index (χ4n) is 1.45. The Kier molecular flexibility index (Phi) is 4.63. The predicted octanol–water partition coefficient (Wildman–Crippen LogP) is 2.27. The van der Waals surface area contributed by atoms with E-state index < -0.39 is 6.10 Å². The highest BCUT2D eigenvalue weighted by molar-refractivity contribution is 5.16. The molecule has 2 atom stereocenters. The lowest BCUT2D eigenvalue weighted by Gasteiger charge is -2.11. The predicted molar refractivity (Wildman–Crippen MR) is 56.9 cm³/mol. The molecule has 0 spiro atoms. The van der Waals surface area contributed by atoms with Crippen LogP contribution in [-0.4, -0.2) is 16.3 Å². The first kappa shape index (κ1) is 11.2. The highest BCUT2D eigenvalue weighted by Gasteiger charge is 2.06. The summed E-state index contributed by atoms with van der Waals surface area (Å²) in [5.41, 5.74) is 0.957. The van der Waals surface area contributed by atoms with E-state index in [1.165, 1.54) is 0 Å². The molecular weight excluding hydrogens is 176 g/mol. The van der Waals surface area contributed by atoms with Crippen LogP contribution in [0.15, 0.2) is 30.3 Å². The van der Waals surface area contributed by atoms with E-state index in [0.29, 0.717) is 0 Å². The molecule has 78 valence electrons. The van der Waals surface area contributed by atoms with Gasteiger partial charge in [0.15, 0.2) is 0 Å². The molecule has 0 amide bonds. The summed E-state index contributed by atoms with van der Waals surface area (Å²) in [6.45, 7) is 1.77. The van der Waals surface area contributed by atoms with E-state index in [4.69, 9.17) is 5.11 Å². The van der Waals surface area contributed by atoms with Crippen molar-refractivity contribution in [3.8, 4) is 0 Å². The van der Waals surface area contributed by atoms with E-state index in [9.17, 15) is 5.11 Å². The van der Waals surface area contributed by atoms with E-state index in [0.717, 1.165) is 24.8 Å². The molecule has 0 fully saturated rings. The summed E-state index contributed by atoms with van der Waals surface area (Å²) in [5, 5.41) is 18.8. The van der Waals surface area contributed by atoms with E-state index in [2.05, 4.69) is 0 Å². The van der Waals surface area contributed by atoms with Gasteiger partial charge >= 0.3 is 0 Å². The molecule has 2 nitrogen and oxygen atoms in total. The molecule has 0 unspecified atom stereocenters. The first-order chi connectivity index (χ1) is 6.70. The van der Waals surface area contributed by atoms with Crippen LogP contribution in [0.4, 0.5) is 0 Å². The molecule has 2 N–H and O–H groups in total. The second-order valence-corrected chi connectivity index (χ2v) is 3.71. The first-order valence-corrected chi connectivity index (χ1v) is 5.11. The molecule has 0 aliphatic heterocycles. The van der Waals surface area contributed by atoms with Crippen LogP contribution >= 0.6 is 0 Å². The van der Waals surface area contributed by atoms with Crippen LogP contribution in [0.2, 0.25) is 0 Å². The summed E-state index contributed by atoms with van der Waals surface area (Å²) >= 11 is 0. The monoisotopic (exact) mass is 194 g/mol. The number of aliphatic hydroxyl groups excluding tert-OH is 2. The van der Waals surface area contributed by atoms with E-state index in [-0.39, 0.29) is 6.10 Å². The highest BCUT2D eigenvalue weighted by atomic mass is 16.3. The molecule has 0 saturated heterocycles. The highest BCUT2D eigenvalue weighted by Crippen LogP contribution is 2.18. The molecule has 0 bridgehead atoms. The van der Waals surface area contributed by atoms with Gasteiger partial charge in [0.2, 0.25) is 0 Å². The zero-order valence-corrected chi connectivity index (χ0v) is 8.56. The average Bonchev–Trinajstić information content (AvgIpc) is 2.18. The maximum atomic E-state index is 9.75. The van der Waals surface area contributed by atoms with E-state index >= 15 is 0 Å². The van der Waals surface area contributed by atoms with Crippen molar-refractivity contribution < 1.29 is 10.2 Å². The summed E-state index contributed by atoms with van der Waals surface area (Å²) in [6.07, 6.45) is 1.67. The lowest BCUT2D eigenvalue weighted by molar-refractivity contribution is 0.143. The van der Waals surface area contributed by atoms with Gasteiger partial charge in [-0.2, -0.15) is 0 Å². The molecular formula is C12H18O2. The van der Waals surface area contributed by atoms with Crippen molar-refractivity contribution in [3.05, 3.63) is 35.9 Å². The van der Waals surface area contributed by atoms with Gasteiger partial charge in [-0.3, -0.25) is 0 Å². The Bertz CT molecular complexity index is 244. The molecule has 0 aliphatic rings. The molecule has 0 heterocycles. The molecule has 14 heavy (non-hydrogen) atoms. The van der Waals surface area contributed by atoms with Gasteiger partial charge in [0.25, 0.3) is 0 Å². The van der Waals surface area contributed by atoms with Gasteiger partial charge in [-0.1, -0.05) is 30.3 Å². The Morgan fingerprint density at radius 1 is 1.07 bits per heavy atom. The fraction of sp³-hybridized carbons (Fsp3) is 0.500. The molecule has 0 aromatic heterocycles. The lowest BCUT2D eigenvalue weighted by Crippen LogP contribution is -2.02. The maximum Gasteiger partial charge on any atom is 0.0790 e. The smallest absolute Gasteiger partial charge is 0.0790 e. The number of aliphatic hydroxyl groups is 2. The standard InChI is InChI=1S/C12H18O2/c1-10(13)6-5-9-12(14)11-7-3-2-4-8-11/h2-4,7-8,10,12-14H,5-6,9H2,1H3/t10-,12-/m1/s1. The second-order valence-electron chi connectivity index (χ2n) is 3.71. The van der Waals surface area contributed by atoms with Crippen LogP contribution < -0.4 is 0 Å². The molecule has 0 saturated carbocycles. The quantitative estimate of drug-likeness (QED) is 0.755. The fourth-order valence-corrected chi connectivity index (χ4v) is 1.45. The van der Waals surface area contributed by atoms with Gasteiger partial charge in [0.1, 0.15) is 0 Å². The minimum atomic E-state index is -0.394. The van der Waals surface area contributed by atoms with Gasteiger partial charge in [0.05, 0.1) is 12.2 Å². The Morgan fingerprint density at radius 3 is 2.29 bits per heavy atom. The van der Waals surface area contributed by atoms with Crippen molar-refractivity contribution in [1.82, 2.24) is 0 Å². The van der Waals surface area contributed by atoms with Crippen molar-refractivity contribution in [2.24, 2.45) is 0 Å². The minimum absolute atomic E-state index is 0.266. The van der Waals surface area contributed by atoms with Crippen molar-refractivity contribution in [1.29, 1.82) is 0 Å². The van der Waals surface area contributed by atoms with Crippen LogP contribution in [-0.2, 0) is 0 Å². The van der Waals surface area contributed by atoms with Crippen LogP contribution in [0.3, 0.4) is 0 Å². The number of rotatable bonds is 5. The molecule has 1 aromatic carbocycles. The Labute approximate surface area is 85.2 Å². The van der Waals surface area contributed by atoms with Crippen LogP contribution in [0, 0.1) is 0 Å². The van der Waals surface area contributed by atoms with Crippen LogP contribution in [0.25, 0.3) is 0 Å². The molecule has 2 heteroatoms. The summed E-state index contributed by atoms with van der Waals surface area (Å²) in [4.78, 5) is 0. The summed E-state index contributed by atoms with van der Waals surface area (Å²) in [6, 6.07) is 9.63. The normalized spacial score (nSPS) is 15.1. The summed E-state index contributed by atoms with van der Waals surface area (Å²) in [7, 11) is 0. The van der Waals surface area contributed by atoms with E-state index in [1.54, 1.807) is 6.92 Å². The van der Waals surface area contributed by atoms with Crippen molar-refractivity contribution in [2.75, 3.05) is 0 Å². The Balaban J connectivity index is 2.32. The van der Waals surface area contributed by atoms with Crippen molar-refractivity contribution in [3.63, 3.8) is 0 Å². The number of hydrogen-bond donors (Lipinski definition) is 2. The van der Waals surface area contributed by atoms with Gasteiger partial charge in [-0.15, -0.1) is 0 Å². The van der Waals surface area contributed by atoms with Gasteiger partial charge in [-0.25, -0.2) is 0 Å². The van der Waals surface area contributed by atoms with Crippen LogP contribution in [0.1, 0.15) is 37.9 Å². The molecule has 1 rings (SSSR count). The van der Waals surface area contributed by atoms with Gasteiger partial charge in [0, 0.05) is 0 Å². The Morgan fingerprint density at radius 2 is 1.71 bits per heavy atom. The zero-order valence-electron chi connectivity index (χ0n) is 8.56. The SMILES string of the molecule is C[C@@H](O)CCC[C@@H](O)c1ccccc1.